The molecule has 1 aromatic rings. The first-order valence-corrected chi connectivity index (χ1v) is 7.21. The molecule has 0 aliphatic carbocycles. The lowest BCUT2D eigenvalue weighted by Crippen LogP contribution is -2.38. The maximum atomic E-state index is 5.75. The molecule has 1 fully saturated rings. The van der Waals surface area contributed by atoms with E-state index in [1.165, 1.54) is 11.5 Å². The van der Waals surface area contributed by atoms with Crippen molar-refractivity contribution in [2.45, 2.75) is 39.3 Å². The van der Waals surface area contributed by atoms with Crippen molar-refractivity contribution in [3.63, 3.8) is 0 Å². The Kier molecular flexibility index (Phi) is 4.19. The zero-order chi connectivity index (χ0) is 13.2. The highest BCUT2D eigenvalue weighted by molar-refractivity contribution is 7.09. The van der Waals surface area contributed by atoms with E-state index in [4.69, 9.17) is 4.74 Å². The number of aromatic nitrogens is 2. The second-order valence-corrected chi connectivity index (χ2v) is 6.34. The number of likely N-dealkylation sites (N-methyl/N-ethyl adjacent to an activating group) is 1. The molecule has 0 radical (unpaired) electrons. The molecule has 2 rings (SSSR count). The molecular formula is C12H22N4OS. The molecule has 0 bridgehead atoms. The van der Waals surface area contributed by atoms with Crippen molar-refractivity contribution in [1.29, 1.82) is 0 Å². The van der Waals surface area contributed by atoms with E-state index in [9.17, 15) is 0 Å². The molecule has 1 atom stereocenters. The fraction of sp³-hybridized carbons (Fsp3) is 0.833. The van der Waals surface area contributed by atoms with E-state index < -0.39 is 0 Å². The van der Waals surface area contributed by atoms with Crippen LogP contribution >= 0.6 is 11.5 Å². The van der Waals surface area contributed by atoms with Gasteiger partial charge >= 0.3 is 0 Å². The summed E-state index contributed by atoms with van der Waals surface area (Å²) >= 11 is 1.41. The van der Waals surface area contributed by atoms with E-state index >= 15 is 0 Å². The molecule has 5 nitrogen and oxygen atoms in total. The highest BCUT2D eigenvalue weighted by Gasteiger charge is 2.25. The predicted octanol–water partition coefficient (Wildman–Crippen LogP) is 2.14. The van der Waals surface area contributed by atoms with E-state index in [0.29, 0.717) is 0 Å². The summed E-state index contributed by atoms with van der Waals surface area (Å²) in [5.74, 6) is 0.810. The molecule has 0 aromatic carbocycles. The second-order valence-electron chi connectivity index (χ2n) is 5.59. The number of ether oxygens (including phenoxy) is 1. The Morgan fingerprint density at radius 1 is 1.50 bits per heavy atom. The van der Waals surface area contributed by atoms with Crippen LogP contribution in [0.15, 0.2) is 0 Å². The summed E-state index contributed by atoms with van der Waals surface area (Å²) in [6.45, 7) is 12.2. The molecule has 102 valence electrons. The molecule has 1 saturated heterocycles. The number of nitrogens with one attached hydrogen (secondary N) is 1. The van der Waals surface area contributed by atoms with E-state index in [0.717, 1.165) is 37.2 Å². The summed E-state index contributed by atoms with van der Waals surface area (Å²) in [5.41, 5.74) is 0.0136. The van der Waals surface area contributed by atoms with Gasteiger partial charge in [0.25, 0.3) is 0 Å². The van der Waals surface area contributed by atoms with Gasteiger partial charge in [-0.1, -0.05) is 6.92 Å². The van der Waals surface area contributed by atoms with Gasteiger partial charge in [0.1, 0.15) is 6.10 Å². The zero-order valence-corrected chi connectivity index (χ0v) is 12.4. The maximum Gasteiger partial charge on any atom is 0.203 e. The molecule has 1 N–H and O–H groups in total. The SMILES string of the molecule is CCN1CCOC(c2nsc(NC(C)(C)C)n2)C1. The Bertz CT molecular complexity index is 388. The normalized spacial score (nSPS) is 22.1. The summed E-state index contributed by atoms with van der Waals surface area (Å²) in [5, 5.41) is 4.21. The first kappa shape index (κ1) is 13.7. The average molecular weight is 270 g/mol. The summed E-state index contributed by atoms with van der Waals surface area (Å²) in [6, 6.07) is 0. The van der Waals surface area contributed by atoms with Gasteiger partial charge in [-0.2, -0.15) is 4.37 Å². The van der Waals surface area contributed by atoms with Crippen LogP contribution in [-0.2, 0) is 4.74 Å². The van der Waals surface area contributed by atoms with Crippen LogP contribution in [0.4, 0.5) is 5.13 Å². The minimum atomic E-state index is 0.0136. The highest BCUT2D eigenvalue weighted by Crippen LogP contribution is 2.24. The average Bonchev–Trinajstić information content (AvgIpc) is 2.75. The van der Waals surface area contributed by atoms with Crippen LogP contribution in [0.3, 0.4) is 0 Å². The Morgan fingerprint density at radius 3 is 2.94 bits per heavy atom. The van der Waals surface area contributed by atoms with Crippen molar-refractivity contribution in [2.75, 3.05) is 31.6 Å². The minimum absolute atomic E-state index is 0.0136. The minimum Gasteiger partial charge on any atom is -0.367 e. The van der Waals surface area contributed by atoms with Crippen LogP contribution < -0.4 is 5.32 Å². The van der Waals surface area contributed by atoms with Crippen LogP contribution in [0, 0.1) is 0 Å². The number of hydrogen-bond donors (Lipinski definition) is 1. The molecule has 1 unspecified atom stereocenters. The van der Waals surface area contributed by atoms with Gasteiger partial charge in [-0.25, -0.2) is 4.98 Å². The van der Waals surface area contributed by atoms with Gasteiger partial charge in [0.15, 0.2) is 5.82 Å². The number of rotatable bonds is 3. The molecule has 1 aliphatic heterocycles. The lowest BCUT2D eigenvalue weighted by Gasteiger charge is -2.30. The third kappa shape index (κ3) is 3.63. The van der Waals surface area contributed by atoms with Crippen molar-refractivity contribution in [1.82, 2.24) is 14.3 Å². The molecule has 0 amide bonds. The summed E-state index contributed by atoms with van der Waals surface area (Å²) in [6.07, 6.45) is 0.0190. The van der Waals surface area contributed by atoms with Crippen molar-refractivity contribution < 1.29 is 4.74 Å². The summed E-state index contributed by atoms with van der Waals surface area (Å²) in [7, 11) is 0. The molecular weight excluding hydrogens is 248 g/mol. The molecule has 0 saturated carbocycles. The van der Waals surface area contributed by atoms with Crippen molar-refractivity contribution in [3.8, 4) is 0 Å². The van der Waals surface area contributed by atoms with E-state index in [2.05, 4.69) is 47.3 Å². The van der Waals surface area contributed by atoms with Crippen molar-refractivity contribution in [2.24, 2.45) is 0 Å². The topological polar surface area (TPSA) is 50.3 Å². The third-order valence-corrected chi connectivity index (χ3v) is 3.45. The highest BCUT2D eigenvalue weighted by atomic mass is 32.1. The fourth-order valence-corrected chi connectivity index (χ4v) is 2.71. The van der Waals surface area contributed by atoms with Crippen molar-refractivity contribution >= 4 is 16.7 Å². The van der Waals surface area contributed by atoms with Crippen LogP contribution in [-0.4, -0.2) is 46.0 Å². The van der Waals surface area contributed by atoms with Crippen molar-refractivity contribution in [3.05, 3.63) is 5.82 Å². The lowest BCUT2D eigenvalue weighted by molar-refractivity contribution is -0.0319. The Morgan fingerprint density at radius 2 is 2.28 bits per heavy atom. The van der Waals surface area contributed by atoms with Crippen LogP contribution in [0.2, 0.25) is 0 Å². The lowest BCUT2D eigenvalue weighted by atomic mass is 10.1. The van der Waals surface area contributed by atoms with Gasteiger partial charge in [-0.3, -0.25) is 4.90 Å². The molecule has 18 heavy (non-hydrogen) atoms. The molecule has 1 aliphatic rings. The van der Waals surface area contributed by atoms with E-state index in [1.54, 1.807) is 0 Å². The van der Waals surface area contributed by atoms with Gasteiger partial charge in [0.05, 0.1) is 6.61 Å². The summed E-state index contributed by atoms with van der Waals surface area (Å²) in [4.78, 5) is 6.90. The molecule has 2 heterocycles. The number of hydrogen-bond acceptors (Lipinski definition) is 6. The first-order valence-electron chi connectivity index (χ1n) is 6.43. The standard InChI is InChI=1S/C12H22N4OS/c1-5-16-6-7-17-9(8-16)10-13-11(18-15-10)14-12(2,3)4/h9H,5-8H2,1-4H3,(H,13,14,15). The molecule has 1 aromatic heterocycles. The Balaban J connectivity index is 2.01. The van der Waals surface area contributed by atoms with Gasteiger partial charge in [0, 0.05) is 30.2 Å². The second kappa shape index (κ2) is 5.50. The van der Waals surface area contributed by atoms with Crippen LogP contribution in [0.25, 0.3) is 0 Å². The van der Waals surface area contributed by atoms with Gasteiger partial charge in [-0.15, -0.1) is 0 Å². The Labute approximate surface area is 113 Å². The zero-order valence-electron chi connectivity index (χ0n) is 11.6. The van der Waals surface area contributed by atoms with Gasteiger partial charge < -0.3 is 10.1 Å². The predicted molar refractivity (Wildman–Crippen MR) is 74.1 cm³/mol. The first-order chi connectivity index (χ1) is 8.48. The van der Waals surface area contributed by atoms with Crippen LogP contribution in [0.1, 0.15) is 39.6 Å². The quantitative estimate of drug-likeness (QED) is 0.912. The maximum absolute atomic E-state index is 5.75. The number of anilines is 1. The monoisotopic (exact) mass is 270 g/mol. The molecule has 6 heteroatoms. The van der Waals surface area contributed by atoms with Gasteiger partial charge in [0.2, 0.25) is 5.13 Å². The smallest absolute Gasteiger partial charge is 0.203 e. The van der Waals surface area contributed by atoms with Crippen LogP contribution in [0.5, 0.6) is 0 Å². The Hall–Kier alpha value is -0.720. The largest absolute Gasteiger partial charge is 0.367 e. The van der Waals surface area contributed by atoms with E-state index in [1.807, 2.05) is 0 Å². The fourth-order valence-electron chi connectivity index (χ4n) is 1.88. The number of morpholine rings is 1. The third-order valence-electron chi connectivity index (χ3n) is 2.81. The molecule has 0 spiro atoms. The van der Waals surface area contributed by atoms with E-state index in [-0.39, 0.29) is 11.6 Å². The number of nitrogens with zero attached hydrogens (tertiary/aromatic N) is 3. The summed E-state index contributed by atoms with van der Waals surface area (Å²) < 4.78 is 10.2. The van der Waals surface area contributed by atoms with Gasteiger partial charge in [-0.05, 0) is 27.3 Å².